The zero-order chi connectivity index (χ0) is 16.8. The van der Waals surface area contributed by atoms with Gasteiger partial charge in [-0.15, -0.1) is 0 Å². The van der Waals surface area contributed by atoms with E-state index >= 15 is 0 Å². The van der Waals surface area contributed by atoms with Crippen molar-refractivity contribution < 1.29 is 14.4 Å². The maximum atomic E-state index is 13.1. The minimum absolute atomic E-state index is 0.0851. The van der Waals surface area contributed by atoms with Gasteiger partial charge in [0, 0.05) is 11.6 Å². The summed E-state index contributed by atoms with van der Waals surface area (Å²) in [5.41, 5.74) is 1.11. The summed E-state index contributed by atoms with van der Waals surface area (Å²) in [5, 5.41) is 3.35. The van der Waals surface area contributed by atoms with Crippen molar-refractivity contribution in [2.45, 2.75) is 63.5 Å². The number of likely N-dealkylation sites (tertiary alicyclic amines) is 1. The average Bonchev–Trinajstić information content (AvgIpc) is 2.64. The van der Waals surface area contributed by atoms with Crippen LogP contribution in [0.25, 0.3) is 0 Å². The van der Waals surface area contributed by atoms with Crippen LogP contribution in [0.1, 0.15) is 63.0 Å². The Morgan fingerprint density at radius 2 is 1.67 bits per heavy atom. The van der Waals surface area contributed by atoms with E-state index < -0.39 is 0 Å². The molecule has 0 spiro atoms. The van der Waals surface area contributed by atoms with Crippen LogP contribution in [-0.4, -0.2) is 32.1 Å². The summed E-state index contributed by atoms with van der Waals surface area (Å²) in [5.74, 6) is 1.06. The smallest absolute Gasteiger partial charge is 0.283 e. The molecule has 0 radical (unpaired) electrons. The predicted octanol–water partition coefficient (Wildman–Crippen LogP) is 2.25. The predicted molar refractivity (Wildman–Crippen MR) is 95.3 cm³/mol. The van der Waals surface area contributed by atoms with E-state index in [0.29, 0.717) is 6.04 Å². The lowest BCUT2D eigenvalue weighted by Gasteiger charge is -2.32. The van der Waals surface area contributed by atoms with Crippen LogP contribution in [0.4, 0.5) is 0 Å². The van der Waals surface area contributed by atoms with Gasteiger partial charge in [0.15, 0.2) is 6.04 Å². The van der Waals surface area contributed by atoms with Gasteiger partial charge in [-0.05, 0) is 56.4 Å². The maximum absolute atomic E-state index is 13.1. The normalized spacial score (nSPS) is 21.2. The Morgan fingerprint density at radius 3 is 2.29 bits per heavy atom. The SMILES string of the molecule is COc1ccc(C(C(=O)NC2CCCCC2)[NH+]2CCCCC2)cc1. The molecule has 1 aliphatic carbocycles. The van der Waals surface area contributed by atoms with Crippen LogP contribution in [0.15, 0.2) is 24.3 Å². The summed E-state index contributed by atoms with van der Waals surface area (Å²) < 4.78 is 5.27. The lowest BCUT2D eigenvalue weighted by molar-refractivity contribution is -0.926. The van der Waals surface area contributed by atoms with E-state index in [1.54, 1.807) is 7.11 Å². The molecule has 1 aromatic rings. The van der Waals surface area contributed by atoms with Crippen molar-refractivity contribution in [2.75, 3.05) is 20.2 Å². The third-order valence-corrected chi connectivity index (χ3v) is 5.57. The number of nitrogens with one attached hydrogen (secondary N) is 2. The molecule has 0 aromatic heterocycles. The summed E-state index contributed by atoms with van der Waals surface area (Å²) in [4.78, 5) is 14.5. The minimum Gasteiger partial charge on any atom is -0.497 e. The number of benzene rings is 1. The summed E-state index contributed by atoms with van der Waals surface area (Å²) in [6, 6.07) is 8.35. The first-order valence-corrected chi connectivity index (χ1v) is 9.57. The first kappa shape index (κ1) is 17.3. The van der Waals surface area contributed by atoms with Crippen LogP contribution in [0.2, 0.25) is 0 Å². The molecule has 24 heavy (non-hydrogen) atoms. The Bertz CT molecular complexity index is 517. The van der Waals surface area contributed by atoms with Gasteiger partial charge in [-0.1, -0.05) is 19.3 Å². The van der Waals surface area contributed by atoms with Crippen molar-refractivity contribution >= 4 is 5.91 Å². The second kappa shape index (κ2) is 8.52. The molecule has 1 saturated heterocycles. The molecule has 4 heteroatoms. The second-order valence-electron chi connectivity index (χ2n) is 7.27. The van der Waals surface area contributed by atoms with Crippen molar-refractivity contribution in [3.8, 4) is 5.75 Å². The van der Waals surface area contributed by atoms with Gasteiger partial charge in [0.25, 0.3) is 5.91 Å². The quantitative estimate of drug-likeness (QED) is 0.869. The molecule has 1 unspecified atom stereocenters. The number of hydrogen-bond acceptors (Lipinski definition) is 2. The van der Waals surface area contributed by atoms with Gasteiger partial charge in [0.2, 0.25) is 0 Å². The van der Waals surface area contributed by atoms with E-state index in [-0.39, 0.29) is 11.9 Å². The number of amides is 1. The van der Waals surface area contributed by atoms with Gasteiger partial charge in [-0.3, -0.25) is 4.79 Å². The van der Waals surface area contributed by atoms with Crippen LogP contribution >= 0.6 is 0 Å². The topological polar surface area (TPSA) is 42.8 Å². The maximum Gasteiger partial charge on any atom is 0.283 e. The largest absolute Gasteiger partial charge is 0.497 e. The van der Waals surface area contributed by atoms with Crippen molar-refractivity contribution in [1.29, 1.82) is 0 Å². The Kier molecular flexibility index (Phi) is 6.13. The Labute approximate surface area is 145 Å². The van der Waals surface area contributed by atoms with Crippen LogP contribution in [0, 0.1) is 0 Å². The lowest BCUT2D eigenvalue weighted by Crippen LogP contribution is -3.14. The van der Waals surface area contributed by atoms with E-state index in [9.17, 15) is 4.79 Å². The highest BCUT2D eigenvalue weighted by atomic mass is 16.5. The molecule has 4 nitrogen and oxygen atoms in total. The van der Waals surface area contributed by atoms with E-state index in [2.05, 4.69) is 17.4 Å². The fraction of sp³-hybridized carbons (Fsp3) is 0.650. The number of hydrogen-bond donors (Lipinski definition) is 2. The lowest BCUT2D eigenvalue weighted by atomic mass is 9.94. The first-order valence-electron chi connectivity index (χ1n) is 9.57. The Hall–Kier alpha value is -1.55. The van der Waals surface area contributed by atoms with E-state index in [0.717, 1.165) is 37.2 Å². The molecule has 1 aliphatic heterocycles. The summed E-state index contributed by atoms with van der Waals surface area (Å²) >= 11 is 0. The van der Waals surface area contributed by atoms with Crippen molar-refractivity contribution in [3.63, 3.8) is 0 Å². The molecule has 3 rings (SSSR count). The van der Waals surface area contributed by atoms with Crippen molar-refractivity contribution in [2.24, 2.45) is 0 Å². The number of piperidine rings is 1. The molecule has 2 fully saturated rings. The highest BCUT2D eigenvalue weighted by Gasteiger charge is 2.33. The number of rotatable bonds is 5. The van der Waals surface area contributed by atoms with E-state index in [1.807, 2.05) is 12.1 Å². The molecule has 132 valence electrons. The molecule has 1 aromatic carbocycles. The zero-order valence-corrected chi connectivity index (χ0v) is 14.9. The van der Waals surface area contributed by atoms with Gasteiger partial charge >= 0.3 is 0 Å². The van der Waals surface area contributed by atoms with Gasteiger partial charge < -0.3 is 15.0 Å². The summed E-state index contributed by atoms with van der Waals surface area (Å²) in [6.45, 7) is 2.18. The summed E-state index contributed by atoms with van der Waals surface area (Å²) in [7, 11) is 1.68. The average molecular weight is 331 g/mol. The standard InChI is InChI=1S/C20H30N2O2/c1-24-18-12-10-16(11-13-18)19(22-14-6-3-7-15-22)20(23)21-17-8-4-2-5-9-17/h10-13,17,19H,2-9,14-15H2,1H3,(H,21,23)/p+1. The van der Waals surface area contributed by atoms with E-state index in [1.165, 1.54) is 43.4 Å². The Morgan fingerprint density at radius 1 is 1.04 bits per heavy atom. The third kappa shape index (κ3) is 4.29. The second-order valence-corrected chi connectivity index (χ2v) is 7.27. The fourth-order valence-electron chi connectivity index (χ4n) is 4.19. The molecular formula is C20H31N2O2+. The van der Waals surface area contributed by atoms with Crippen LogP contribution < -0.4 is 15.0 Å². The van der Waals surface area contributed by atoms with Crippen molar-refractivity contribution in [1.82, 2.24) is 5.32 Å². The molecule has 2 aliphatic rings. The Balaban J connectivity index is 1.75. The monoisotopic (exact) mass is 331 g/mol. The zero-order valence-electron chi connectivity index (χ0n) is 14.9. The molecular weight excluding hydrogens is 300 g/mol. The molecule has 2 N–H and O–H groups in total. The first-order chi connectivity index (χ1) is 11.8. The minimum atomic E-state index is -0.0851. The number of quaternary nitrogens is 1. The molecule has 0 bridgehead atoms. The van der Waals surface area contributed by atoms with Crippen molar-refractivity contribution in [3.05, 3.63) is 29.8 Å². The highest BCUT2D eigenvalue weighted by molar-refractivity contribution is 5.82. The van der Waals surface area contributed by atoms with Crippen LogP contribution in [-0.2, 0) is 4.79 Å². The van der Waals surface area contributed by atoms with Crippen LogP contribution in [0.3, 0.4) is 0 Å². The van der Waals surface area contributed by atoms with E-state index in [4.69, 9.17) is 4.74 Å². The summed E-state index contributed by atoms with van der Waals surface area (Å²) in [6.07, 6.45) is 9.81. The number of methoxy groups -OCH3 is 1. The molecule has 1 atom stereocenters. The van der Waals surface area contributed by atoms with Gasteiger partial charge in [-0.25, -0.2) is 0 Å². The molecule has 1 amide bonds. The molecule has 1 saturated carbocycles. The van der Waals surface area contributed by atoms with Gasteiger partial charge in [-0.2, -0.15) is 0 Å². The third-order valence-electron chi connectivity index (χ3n) is 5.57. The number of ether oxygens (including phenoxy) is 1. The number of carbonyl (C=O) groups excluding carboxylic acids is 1. The fourth-order valence-corrected chi connectivity index (χ4v) is 4.19. The van der Waals surface area contributed by atoms with Crippen LogP contribution in [0.5, 0.6) is 5.75 Å². The number of carbonyl (C=O) groups is 1. The highest BCUT2D eigenvalue weighted by Crippen LogP contribution is 2.20. The molecule has 1 heterocycles. The van der Waals surface area contributed by atoms with Gasteiger partial charge in [0.1, 0.15) is 5.75 Å². The van der Waals surface area contributed by atoms with Gasteiger partial charge in [0.05, 0.1) is 20.2 Å².